The lowest BCUT2D eigenvalue weighted by molar-refractivity contribution is -0.122. The Morgan fingerprint density at radius 2 is 1.61 bits per heavy atom. The van der Waals surface area contributed by atoms with Crippen molar-refractivity contribution in [2.75, 3.05) is 12.0 Å². The summed E-state index contributed by atoms with van der Waals surface area (Å²) < 4.78 is 7.17. The quantitative estimate of drug-likeness (QED) is 0.448. The van der Waals surface area contributed by atoms with Crippen LogP contribution in [0.15, 0.2) is 54.1 Å². The van der Waals surface area contributed by atoms with Crippen LogP contribution in [0.2, 0.25) is 5.02 Å². The van der Waals surface area contributed by atoms with Crippen LogP contribution >= 0.6 is 11.6 Å². The van der Waals surface area contributed by atoms with Crippen molar-refractivity contribution in [3.05, 3.63) is 81.6 Å². The molecule has 1 aromatic heterocycles. The van der Waals surface area contributed by atoms with Crippen LogP contribution in [0.1, 0.15) is 22.5 Å². The molecular formula is C25H22ClN3O4. The number of anilines is 1. The standard InChI is InChI=1S/C25H22ClN3O4/c1-14-5-7-18(8-6-14)28-15(2)11-17(16(28)3)12-20-23(30)27-25(32)29(24(20)31)19-9-10-22(33-4)21(26)13-19/h5-13H,1-4H3,(H,27,30,32). The second-order valence-electron chi connectivity index (χ2n) is 7.77. The highest BCUT2D eigenvalue weighted by atomic mass is 35.5. The molecule has 0 aliphatic carbocycles. The van der Waals surface area contributed by atoms with Gasteiger partial charge in [0, 0.05) is 17.1 Å². The highest BCUT2D eigenvalue weighted by Crippen LogP contribution is 2.31. The molecule has 4 amide bonds. The highest BCUT2D eigenvalue weighted by molar-refractivity contribution is 6.39. The number of imide groups is 2. The number of carbonyl (C=O) groups excluding carboxylic acids is 3. The summed E-state index contributed by atoms with van der Waals surface area (Å²) in [7, 11) is 1.46. The van der Waals surface area contributed by atoms with Gasteiger partial charge in [0.15, 0.2) is 0 Å². The van der Waals surface area contributed by atoms with Crippen molar-refractivity contribution in [3.63, 3.8) is 0 Å². The minimum Gasteiger partial charge on any atom is -0.495 e. The molecule has 1 fully saturated rings. The van der Waals surface area contributed by atoms with E-state index in [-0.39, 0.29) is 16.3 Å². The lowest BCUT2D eigenvalue weighted by Crippen LogP contribution is -2.54. The van der Waals surface area contributed by atoms with Gasteiger partial charge < -0.3 is 9.30 Å². The zero-order valence-electron chi connectivity index (χ0n) is 18.6. The van der Waals surface area contributed by atoms with Crippen molar-refractivity contribution in [1.29, 1.82) is 0 Å². The topological polar surface area (TPSA) is 80.6 Å². The van der Waals surface area contributed by atoms with Crippen molar-refractivity contribution < 1.29 is 19.1 Å². The smallest absolute Gasteiger partial charge is 0.335 e. The van der Waals surface area contributed by atoms with Gasteiger partial charge in [-0.2, -0.15) is 0 Å². The fourth-order valence-electron chi connectivity index (χ4n) is 3.87. The normalized spacial score (nSPS) is 15.2. The van der Waals surface area contributed by atoms with E-state index in [4.69, 9.17) is 16.3 Å². The average Bonchev–Trinajstić information content (AvgIpc) is 3.04. The Labute approximate surface area is 196 Å². The fraction of sp³-hybridized carbons (Fsp3) is 0.160. The van der Waals surface area contributed by atoms with Crippen molar-refractivity contribution in [3.8, 4) is 11.4 Å². The number of hydrogen-bond acceptors (Lipinski definition) is 4. The molecule has 8 heteroatoms. The lowest BCUT2D eigenvalue weighted by Gasteiger charge is -2.26. The number of methoxy groups -OCH3 is 1. The molecule has 0 bridgehead atoms. The molecular weight excluding hydrogens is 442 g/mol. The van der Waals surface area contributed by atoms with Crippen molar-refractivity contribution in [2.24, 2.45) is 0 Å². The lowest BCUT2D eigenvalue weighted by atomic mass is 10.1. The Bertz CT molecular complexity index is 1320. The van der Waals surface area contributed by atoms with E-state index in [1.807, 2.05) is 55.7 Å². The van der Waals surface area contributed by atoms with Gasteiger partial charge in [0.1, 0.15) is 11.3 Å². The number of nitrogens with zero attached hydrogens (tertiary/aromatic N) is 2. The molecule has 7 nitrogen and oxygen atoms in total. The summed E-state index contributed by atoms with van der Waals surface area (Å²) >= 11 is 6.17. The van der Waals surface area contributed by atoms with Gasteiger partial charge in [0.05, 0.1) is 17.8 Å². The number of halogens is 1. The maximum absolute atomic E-state index is 13.2. The Kier molecular flexibility index (Phi) is 5.82. The summed E-state index contributed by atoms with van der Waals surface area (Å²) in [5.41, 5.74) is 4.72. The third-order valence-electron chi connectivity index (χ3n) is 5.56. The van der Waals surface area contributed by atoms with Crippen molar-refractivity contribution in [2.45, 2.75) is 20.8 Å². The Morgan fingerprint density at radius 1 is 0.939 bits per heavy atom. The molecule has 0 radical (unpaired) electrons. The molecule has 1 N–H and O–H groups in total. The van der Waals surface area contributed by atoms with Gasteiger partial charge in [-0.25, -0.2) is 9.69 Å². The number of carbonyl (C=O) groups is 3. The molecule has 33 heavy (non-hydrogen) atoms. The molecule has 0 atom stereocenters. The molecule has 4 rings (SSSR count). The predicted octanol–water partition coefficient (Wildman–Crippen LogP) is 4.73. The van der Waals surface area contributed by atoms with Gasteiger partial charge in [-0.15, -0.1) is 0 Å². The van der Waals surface area contributed by atoms with E-state index >= 15 is 0 Å². The number of benzene rings is 2. The molecule has 0 spiro atoms. The van der Waals surface area contributed by atoms with E-state index in [1.165, 1.54) is 25.3 Å². The van der Waals surface area contributed by atoms with E-state index in [0.29, 0.717) is 11.3 Å². The third-order valence-corrected chi connectivity index (χ3v) is 5.85. The minimum atomic E-state index is -0.839. The summed E-state index contributed by atoms with van der Waals surface area (Å²) in [6.07, 6.45) is 1.51. The third kappa shape index (κ3) is 4.03. The zero-order valence-corrected chi connectivity index (χ0v) is 19.4. The van der Waals surface area contributed by atoms with Gasteiger partial charge in [-0.3, -0.25) is 14.9 Å². The molecule has 3 aromatic rings. The number of nitrogens with one attached hydrogen (secondary N) is 1. The molecule has 1 aliphatic rings. The van der Waals surface area contributed by atoms with Gasteiger partial charge >= 0.3 is 6.03 Å². The van der Waals surface area contributed by atoms with Crippen LogP contribution in [0.25, 0.3) is 11.8 Å². The zero-order chi connectivity index (χ0) is 23.9. The number of hydrogen-bond donors (Lipinski definition) is 1. The Balaban J connectivity index is 1.75. The molecule has 2 aromatic carbocycles. The largest absolute Gasteiger partial charge is 0.495 e. The van der Waals surface area contributed by atoms with E-state index in [0.717, 1.165) is 27.5 Å². The first-order valence-electron chi connectivity index (χ1n) is 10.2. The monoisotopic (exact) mass is 463 g/mol. The van der Waals surface area contributed by atoms with E-state index in [9.17, 15) is 14.4 Å². The molecule has 168 valence electrons. The first-order chi connectivity index (χ1) is 15.7. The molecule has 1 saturated heterocycles. The molecule has 2 heterocycles. The summed E-state index contributed by atoms with van der Waals surface area (Å²) in [5.74, 6) is -1.08. The summed E-state index contributed by atoms with van der Waals surface area (Å²) in [6, 6.07) is 13.6. The van der Waals surface area contributed by atoms with Gasteiger partial charge in [-0.1, -0.05) is 29.3 Å². The maximum Gasteiger partial charge on any atom is 0.335 e. The van der Waals surface area contributed by atoms with Crippen LogP contribution in [0, 0.1) is 20.8 Å². The second-order valence-corrected chi connectivity index (χ2v) is 8.18. The summed E-state index contributed by atoms with van der Waals surface area (Å²) in [4.78, 5) is 39.2. The minimum absolute atomic E-state index is 0.148. The van der Waals surface area contributed by atoms with Crippen molar-refractivity contribution in [1.82, 2.24) is 9.88 Å². The number of ether oxygens (including phenoxy) is 1. The van der Waals surface area contributed by atoms with E-state index in [2.05, 4.69) is 5.32 Å². The fourth-order valence-corrected chi connectivity index (χ4v) is 4.12. The maximum atomic E-state index is 13.2. The van der Waals surface area contributed by atoms with Crippen LogP contribution in [0.5, 0.6) is 5.75 Å². The predicted molar refractivity (Wildman–Crippen MR) is 127 cm³/mol. The number of amides is 4. The van der Waals surface area contributed by atoms with Crippen molar-refractivity contribution >= 4 is 41.2 Å². The summed E-state index contributed by atoms with van der Waals surface area (Å²) in [6.45, 7) is 5.88. The SMILES string of the molecule is COc1ccc(N2C(=O)NC(=O)C(=Cc3cc(C)n(-c4ccc(C)cc4)c3C)C2=O)cc1Cl. The summed E-state index contributed by atoms with van der Waals surface area (Å²) in [5, 5.41) is 2.47. The van der Waals surface area contributed by atoms with Crippen LogP contribution in [-0.2, 0) is 9.59 Å². The highest BCUT2D eigenvalue weighted by Gasteiger charge is 2.37. The van der Waals surface area contributed by atoms with Crippen LogP contribution in [0.3, 0.4) is 0 Å². The van der Waals surface area contributed by atoms with Gasteiger partial charge in [-0.05, 0) is 68.8 Å². The molecule has 0 unspecified atom stereocenters. The Hall–Kier alpha value is -3.84. The molecule has 0 saturated carbocycles. The van der Waals surface area contributed by atoms with E-state index in [1.54, 1.807) is 6.07 Å². The second kappa shape index (κ2) is 8.60. The van der Waals surface area contributed by atoms with Gasteiger partial charge in [0.2, 0.25) is 0 Å². The first-order valence-corrected chi connectivity index (χ1v) is 10.6. The molecule has 1 aliphatic heterocycles. The van der Waals surface area contributed by atoms with E-state index < -0.39 is 17.8 Å². The van der Waals surface area contributed by atoms with Crippen LogP contribution in [0.4, 0.5) is 10.5 Å². The number of aryl methyl sites for hydroxylation is 2. The number of aromatic nitrogens is 1. The Morgan fingerprint density at radius 3 is 2.24 bits per heavy atom. The van der Waals surface area contributed by atoms with Gasteiger partial charge in [0.25, 0.3) is 11.8 Å². The number of urea groups is 1. The number of barbiturate groups is 1. The average molecular weight is 464 g/mol. The van der Waals surface area contributed by atoms with Crippen LogP contribution < -0.4 is 15.0 Å². The number of rotatable bonds is 4. The first kappa shape index (κ1) is 22.4. The van der Waals surface area contributed by atoms with Crippen LogP contribution in [-0.4, -0.2) is 29.5 Å².